The maximum Gasteiger partial charge on any atom is 0.286 e. The number of nitrogens with zero attached hydrogens (tertiary/aromatic N) is 2. The molecule has 0 bridgehead atoms. The van der Waals surface area contributed by atoms with Crippen molar-refractivity contribution in [2.24, 2.45) is 7.05 Å². The number of hydrogen-bond acceptors (Lipinski definition) is 0. The SMILES string of the molecule is Cn1c(-c2ccc(F)cc2)c[n+]2cc(Cl)ccc12.[I-]. The number of halogens is 3. The largest absolute Gasteiger partial charge is 1.00 e. The Morgan fingerprint density at radius 1 is 1.05 bits per heavy atom. The van der Waals surface area contributed by atoms with Crippen LogP contribution in [0, 0.1) is 5.82 Å². The zero-order valence-corrected chi connectivity index (χ0v) is 13.1. The lowest BCUT2D eigenvalue weighted by molar-refractivity contribution is -0.510. The monoisotopic (exact) mass is 388 g/mol. The van der Waals surface area contributed by atoms with Crippen LogP contribution in [-0.4, -0.2) is 4.57 Å². The van der Waals surface area contributed by atoms with Crippen LogP contribution in [0.25, 0.3) is 16.9 Å². The Bertz CT molecular complexity index is 722. The highest BCUT2D eigenvalue weighted by atomic mass is 127. The van der Waals surface area contributed by atoms with E-state index in [2.05, 4.69) is 0 Å². The van der Waals surface area contributed by atoms with Gasteiger partial charge in [0.25, 0.3) is 5.65 Å². The van der Waals surface area contributed by atoms with Crippen LogP contribution in [0.4, 0.5) is 4.39 Å². The molecule has 2 nitrogen and oxygen atoms in total. The third-order valence-corrected chi connectivity index (χ3v) is 3.25. The maximum absolute atomic E-state index is 12.9. The Balaban J connectivity index is 0.00000133. The van der Waals surface area contributed by atoms with Gasteiger partial charge in [-0.05, 0) is 30.3 Å². The summed E-state index contributed by atoms with van der Waals surface area (Å²) in [5.41, 5.74) is 3.01. The van der Waals surface area contributed by atoms with E-state index in [0.29, 0.717) is 5.02 Å². The summed E-state index contributed by atoms with van der Waals surface area (Å²) in [6, 6.07) is 10.3. The average Bonchev–Trinajstić information content (AvgIpc) is 2.67. The van der Waals surface area contributed by atoms with E-state index in [1.807, 2.05) is 40.5 Å². The third kappa shape index (κ3) is 2.60. The molecule has 19 heavy (non-hydrogen) atoms. The fourth-order valence-corrected chi connectivity index (χ4v) is 2.27. The van der Waals surface area contributed by atoms with Crippen LogP contribution < -0.4 is 28.4 Å². The molecule has 0 atom stereocenters. The molecule has 2 aromatic heterocycles. The molecule has 5 heteroatoms. The fraction of sp³-hybridized carbons (Fsp3) is 0.0714. The zero-order chi connectivity index (χ0) is 12.7. The molecule has 3 aromatic rings. The van der Waals surface area contributed by atoms with Crippen molar-refractivity contribution >= 4 is 17.2 Å². The molecule has 0 saturated carbocycles. The van der Waals surface area contributed by atoms with Gasteiger partial charge < -0.3 is 24.0 Å². The predicted molar refractivity (Wildman–Crippen MR) is 69.0 cm³/mol. The number of rotatable bonds is 1. The number of fused-ring (bicyclic) bond motifs is 1. The second-order valence-electron chi connectivity index (χ2n) is 4.19. The summed E-state index contributed by atoms with van der Waals surface area (Å²) in [6.45, 7) is 0. The Labute approximate surface area is 132 Å². The number of aromatic nitrogens is 2. The first-order valence-electron chi connectivity index (χ1n) is 5.57. The van der Waals surface area contributed by atoms with Crippen molar-refractivity contribution < 1.29 is 32.8 Å². The highest BCUT2D eigenvalue weighted by Gasteiger charge is 2.15. The van der Waals surface area contributed by atoms with E-state index in [0.717, 1.165) is 16.9 Å². The van der Waals surface area contributed by atoms with Crippen LogP contribution in [0.5, 0.6) is 0 Å². The van der Waals surface area contributed by atoms with Gasteiger partial charge in [0.05, 0.1) is 12.1 Å². The molecule has 0 aliphatic heterocycles. The summed E-state index contributed by atoms with van der Waals surface area (Å²) in [6.07, 6.45) is 3.83. The topological polar surface area (TPSA) is 9.03 Å². The molecule has 0 radical (unpaired) electrons. The van der Waals surface area contributed by atoms with Crippen molar-refractivity contribution in [1.29, 1.82) is 0 Å². The highest BCUT2D eigenvalue weighted by molar-refractivity contribution is 6.30. The van der Waals surface area contributed by atoms with Gasteiger partial charge in [-0.1, -0.05) is 11.6 Å². The molecule has 0 unspecified atom stereocenters. The van der Waals surface area contributed by atoms with Crippen LogP contribution in [-0.2, 0) is 7.05 Å². The van der Waals surface area contributed by atoms with Crippen molar-refractivity contribution in [3.8, 4) is 11.3 Å². The lowest BCUT2D eigenvalue weighted by Gasteiger charge is -1.96. The van der Waals surface area contributed by atoms with Crippen molar-refractivity contribution in [3.63, 3.8) is 0 Å². The first-order chi connectivity index (χ1) is 8.65. The molecule has 1 aromatic carbocycles. The van der Waals surface area contributed by atoms with Crippen LogP contribution in [0.1, 0.15) is 0 Å². The Morgan fingerprint density at radius 3 is 2.42 bits per heavy atom. The van der Waals surface area contributed by atoms with Crippen molar-refractivity contribution in [3.05, 3.63) is 59.6 Å². The van der Waals surface area contributed by atoms with E-state index in [4.69, 9.17) is 11.6 Å². The van der Waals surface area contributed by atoms with Crippen molar-refractivity contribution in [1.82, 2.24) is 4.57 Å². The molecule has 0 saturated heterocycles. The molecule has 0 amide bonds. The van der Waals surface area contributed by atoms with Gasteiger partial charge in [-0.3, -0.25) is 0 Å². The summed E-state index contributed by atoms with van der Waals surface area (Å²) >= 11 is 5.97. The molecule has 98 valence electrons. The maximum atomic E-state index is 12.9. The molecular weight excluding hydrogens is 378 g/mol. The average molecular weight is 389 g/mol. The van der Waals surface area contributed by atoms with Crippen LogP contribution in [0.15, 0.2) is 48.8 Å². The van der Waals surface area contributed by atoms with Crippen LogP contribution in [0.3, 0.4) is 0 Å². The molecule has 0 N–H and O–H groups in total. The first-order valence-corrected chi connectivity index (χ1v) is 5.95. The van der Waals surface area contributed by atoms with E-state index in [9.17, 15) is 4.39 Å². The summed E-state index contributed by atoms with van der Waals surface area (Å²) in [5, 5.41) is 0.684. The van der Waals surface area contributed by atoms with E-state index >= 15 is 0 Å². The summed E-state index contributed by atoms with van der Waals surface area (Å²) in [5.74, 6) is -0.229. The molecule has 2 heterocycles. The van der Waals surface area contributed by atoms with Crippen LogP contribution in [0.2, 0.25) is 5.02 Å². The summed E-state index contributed by atoms with van der Waals surface area (Å²) < 4.78 is 16.9. The quantitative estimate of drug-likeness (QED) is 0.417. The fourth-order valence-electron chi connectivity index (χ4n) is 2.10. The Kier molecular flexibility index (Phi) is 4.10. The zero-order valence-electron chi connectivity index (χ0n) is 10.1. The van der Waals surface area contributed by atoms with Gasteiger partial charge in [0.2, 0.25) is 0 Å². The molecular formula is C14H11ClFIN2. The minimum absolute atomic E-state index is 0. The second kappa shape index (κ2) is 5.46. The minimum Gasteiger partial charge on any atom is -1.00 e. The van der Waals surface area contributed by atoms with Gasteiger partial charge in [-0.2, -0.15) is 0 Å². The molecule has 0 spiro atoms. The van der Waals surface area contributed by atoms with Crippen LogP contribution >= 0.6 is 11.6 Å². The van der Waals surface area contributed by atoms with Crippen molar-refractivity contribution in [2.75, 3.05) is 0 Å². The van der Waals surface area contributed by atoms with Gasteiger partial charge in [0.1, 0.15) is 18.2 Å². The predicted octanol–water partition coefficient (Wildman–Crippen LogP) is 0.227. The lowest BCUT2D eigenvalue weighted by Crippen LogP contribution is -3.00. The third-order valence-electron chi connectivity index (χ3n) is 3.02. The number of hydrogen-bond donors (Lipinski definition) is 0. The molecule has 0 fully saturated rings. The second-order valence-corrected chi connectivity index (χ2v) is 4.63. The van der Waals surface area contributed by atoms with Gasteiger partial charge in [0, 0.05) is 11.6 Å². The summed E-state index contributed by atoms with van der Waals surface area (Å²) in [7, 11) is 1.97. The van der Waals surface area contributed by atoms with Gasteiger partial charge in [-0.25, -0.2) is 13.4 Å². The highest BCUT2D eigenvalue weighted by Crippen LogP contribution is 2.20. The van der Waals surface area contributed by atoms with Gasteiger partial charge in [0.15, 0.2) is 5.69 Å². The van der Waals surface area contributed by atoms with Gasteiger partial charge >= 0.3 is 0 Å². The normalized spacial score (nSPS) is 10.5. The number of pyridine rings is 1. The molecule has 0 aliphatic carbocycles. The lowest BCUT2D eigenvalue weighted by atomic mass is 10.2. The van der Waals surface area contributed by atoms with Crippen molar-refractivity contribution in [2.45, 2.75) is 0 Å². The minimum atomic E-state index is -0.229. The van der Waals surface area contributed by atoms with E-state index < -0.39 is 0 Å². The Hall–Kier alpha value is -1.14. The number of imidazole rings is 1. The number of aryl methyl sites for hydroxylation is 1. The Morgan fingerprint density at radius 2 is 1.74 bits per heavy atom. The standard InChI is InChI=1S/C14H11ClFN2.HI/c1-17-13(10-2-5-12(16)6-3-10)9-18-8-11(15)4-7-14(17)18;/h2-9H,1H3;1H/q+1;/p-1. The van der Waals surface area contributed by atoms with E-state index in [1.165, 1.54) is 12.1 Å². The first kappa shape index (κ1) is 14.3. The molecule has 3 rings (SSSR count). The molecule has 0 aliphatic rings. The smallest absolute Gasteiger partial charge is 0.286 e. The number of benzene rings is 1. The van der Waals surface area contributed by atoms with Gasteiger partial charge in [-0.15, -0.1) is 0 Å². The van der Waals surface area contributed by atoms with E-state index in [-0.39, 0.29) is 29.8 Å². The summed E-state index contributed by atoms with van der Waals surface area (Å²) in [4.78, 5) is 0. The van der Waals surface area contributed by atoms with E-state index in [1.54, 1.807) is 12.1 Å².